The molecule has 2 saturated heterocycles. The first-order chi connectivity index (χ1) is 20.6. The van der Waals surface area contributed by atoms with E-state index in [1.807, 2.05) is 48.5 Å². The quantitative estimate of drug-likeness (QED) is 0.266. The summed E-state index contributed by atoms with van der Waals surface area (Å²) in [5, 5.41) is 0. The molecule has 4 amide bonds. The summed E-state index contributed by atoms with van der Waals surface area (Å²) in [6.07, 6.45) is -10.5. The van der Waals surface area contributed by atoms with Crippen LogP contribution in [0.1, 0.15) is 31.4 Å². The van der Waals surface area contributed by atoms with E-state index >= 15 is 0 Å². The van der Waals surface area contributed by atoms with E-state index in [2.05, 4.69) is 0 Å². The monoisotopic (exact) mass is 628 g/mol. The van der Waals surface area contributed by atoms with E-state index in [0.717, 1.165) is 34.8 Å². The predicted molar refractivity (Wildman–Crippen MR) is 144 cm³/mol. The third-order valence-corrected chi connectivity index (χ3v) is 6.88. The summed E-state index contributed by atoms with van der Waals surface area (Å²) in [6, 6.07) is 16.9. The van der Waals surface area contributed by atoms with Crippen LogP contribution >= 0.6 is 0 Å². The van der Waals surface area contributed by atoms with Crippen molar-refractivity contribution in [2.75, 3.05) is 13.2 Å². The first-order valence-electron chi connectivity index (χ1n) is 13.5. The van der Waals surface area contributed by atoms with Gasteiger partial charge in [0, 0.05) is 18.1 Å². The van der Waals surface area contributed by atoms with Crippen LogP contribution in [0.4, 0.5) is 35.9 Å². The number of halogens is 6. The molecule has 2 aliphatic heterocycles. The smallest absolute Gasteiger partial charge is 0.417 e. The van der Waals surface area contributed by atoms with Crippen LogP contribution in [0.5, 0.6) is 0 Å². The summed E-state index contributed by atoms with van der Waals surface area (Å²) in [7, 11) is 0. The maximum Gasteiger partial charge on any atom is 0.417 e. The van der Waals surface area contributed by atoms with Gasteiger partial charge in [-0.05, 0) is 30.9 Å². The van der Waals surface area contributed by atoms with Crippen molar-refractivity contribution >= 4 is 24.0 Å². The van der Waals surface area contributed by atoms with Gasteiger partial charge in [0.1, 0.15) is 13.2 Å². The lowest BCUT2D eigenvalue weighted by Gasteiger charge is -2.22. The second-order valence-electron chi connectivity index (χ2n) is 10.3. The third-order valence-electron chi connectivity index (χ3n) is 6.88. The number of benzene rings is 2. The molecule has 44 heavy (non-hydrogen) atoms. The third kappa shape index (κ3) is 9.32. The van der Waals surface area contributed by atoms with Crippen molar-refractivity contribution < 1.29 is 55.0 Å². The Kier molecular flexibility index (Phi) is 11.2. The van der Waals surface area contributed by atoms with Crippen molar-refractivity contribution in [2.24, 2.45) is 5.92 Å². The number of carbonyl (C=O) groups excluding carboxylic acids is 4. The van der Waals surface area contributed by atoms with E-state index in [-0.39, 0.29) is 13.2 Å². The molecule has 238 valence electrons. The highest BCUT2D eigenvalue weighted by Crippen LogP contribution is 2.30. The molecule has 0 unspecified atom stereocenters. The molecule has 2 heterocycles. The summed E-state index contributed by atoms with van der Waals surface area (Å²) < 4.78 is 84.7. The Bertz CT molecular complexity index is 1350. The highest BCUT2D eigenvalue weighted by Gasteiger charge is 2.43. The standard InChI is InChI=1S/C15H16F3NO3.C15H14F3NO3/c2*1-10(15(16,17)18)7-13(20)19-12(9-22-14(19)21)8-11-5-3-2-4-6-11/h2-6,10,12H,7-9H2,1H3;2-7,12H,8-9H2,1H3/t10-,12-;12-/m00/s1. The second kappa shape index (κ2) is 14.4. The van der Waals surface area contributed by atoms with Crippen LogP contribution < -0.4 is 0 Å². The number of alkyl halides is 6. The lowest BCUT2D eigenvalue weighted by molar-refractivity contribution is -0.176. The van der Waals surface area contributed by atoms with Gasteiger partial charge < -0.3 is 9.47 Å². The number of nitrogens with zero attached hydrogens (tertiary/aromatic N) is 2. The molecule has 0 radical (unpaired) electrons. The molecule has 2 aromatic rings. The fraction of sp³-hybridized carbons (Fsp3) is 0.400. The van der Waals surface area contributed by atoms with E-state index in [1.165, 1.54) is 0 Å². The molecular weight excluding hydrogens is 598 g/mol. The van der Waals surface area contributed by atoms with E-state index in [0.29, 0.717) is 18.9 Å². The summed E-state index contributed by atoms with van der Waals surface area (Å²) in [5.74, 6) is -3.67. The van der Waals surface area contributed by atoms with Gasteiger partial charge >= 0.3 is 24.5 Å². The molecule has 0 spiro atoms. The van der Waals surface area contributed by atoms with Gasteiger partial charge in [-0.15, -0.1) is 0 Å². The van der Waals surface area contributed by atoms with E-state index in [1.54, 1.807) is 12.1 Å². The van der Waals surface area contributed by atoms with E-state index < -0.39 is 66.3 Å². The zero-order valence-corrected chi connectivity index (χ0v) is 23.7. The first-order valence-corrected chi connectivity index (χ1v) is 13.5. The maximum atomic E-state index is 12.6. The fourth-order valence-electron chi connectivity index (χ4n) is 4.38. The van der Waals surface area contributed by atoms with Crippen molar-refractivity contribution in [2.45, 2.75) is 57.5 Å². The lowest BCUT2D eigenvalue weighted by Crippen LogP contribution is -2.41. The van der Waals surface area contributed by atoms with E-state index in [4.69, 9.17) is 9.47 Å². The zero-order valence-electron chi connectivity index (χ0n) is 23.7. The predicted octanol–water partition coefficient (Wildman–Crippen LogP) is 6.25. The minimum absolute atomic E-state index is 0.000133. The molecule has 14 heteroatoms. The number of imide groups is 2. The number of amides is 4. The van der Waals surface area contributed by atoms with Crippen LogP contribution in [-0.4, -0.2) is 71.5 Å². The highest BCUT2D eigenvalue weighted by molar-refractivity contribution is 6.00. The zero-order chi connectivity index (χ0) is 32.7. The van der Waals surface area contributed by atoms with Crippen molar-refractivity contribution in [3.63, 3.8) is 0 Å². The first kappa shape index (κ1) is 34.1. The maximum absolute atomic E-state index is 12.6. The fourth-order valence-corrected chi connectivity index (χ4v) is 4.38. The number of ether oxygens (including phenoxy) is 2. The number of carbonyl (C=O) groups is 4. The highest BCUT2D eigenvalue weighted by atomic mass is 19.4. The average Bonchev–Trinajstić information content (AvgIpc) is 3.50. The normalized spacial score (nSPS) is 19.6. The van der Waals surface area contributed by atoms with Crippen molar-refractivity contribution in [1.82, 2.24) is 9.80 Å². The molecular formula is C30H30F6N2O6. The Morgan fingerprint density at radius 3 is 1.68 bits per heavy atom. The minimum Gasteiger partial charge on any atom is -0.447 e. The van der Waals surface area contributed by atoms with Gasteiger partial charge in [-0.1, -0.05) is 67.6 Å². The van der Waals surface area contributed by atoms with Crippen molar-refractivity contribution in [3.05, 3.63) is 83.4 Å². The second-order valence-corrected chi connectivity index (χ2v) is 10.3. The topological polar surface area (TPSA) is 93.2 Å². The van der Waals surface area contributed by atoms with E-state index in [9.17, 15) is 45.5 Å². The summed E-state index contributed by atoms with van der Waals surface area (Å²) in [4.78, 5) is 48.8. The van der Waals surface area contributed by atoms with Gasteiger partial charge in [-0.3, -0.25) is 9.59 Å². The van der Waals surface area contributed by atoms with Crippen LogP contribution in [0.2, 0.25) is 0 Å². The molecule has 0 bridgehead atoms. The van der Waals surface area contributed by atoms with Crippen molar-refractivity contribution in [1.29, 1.82) is 0 Å². The molecule has 0 saturated carbocycles. The molecule has 0 N–H and O–H groups in total. The van der Waals surface area contributed by atoms with Crippen LogP contribution in [-0.2, 0) is 31.9 Å². The Hall–Kier alpha value is -4.36. The molecule has 2 fully saturated rings. The van der Waals surface area contributed by atoms with Gasteiger partial charge in [0.2, 0.25) is 5.91 Å². The van der Waals surface area contributed by atoms with Crippen molar-refractivity contribution in [3.8, 4) is 0 Å². The van der Waals surface area contributed by atoms with Crippen LogP contribution in [0.3, 0.4) is 0 Å². The lowest BCUT2D eigenvalue weighted by atomic mass is 10.0. The van der Waals surface area contributed by atoms with Gasteiger partial charge in [-0.2, -0.15) is 26.3 Å². The Morgan fingerprint density at radius 1 is 0.818 bits per heavy atom. The number of rotatable bonds is 7. The van der Waals surface area contributed by atoms with Crippen LogP contribution in [0.15, 0.2) is 72.3 Å². The van der Waals surface area contributed by atoms with Crippen LogP contribution in [0, 0.1) is 5.92 Å². The average molecular weight is 629 g/mol. The number of cyclic esters (lactones) is 2. The molecule has 2 aliphatic rings. The number of hydrogen-bond acceptors (Lipinski definition) is 6. The molecule has 8 nitrogen and oxygen atoms in total. The number of allylic oxidation sites excluding steroid dienone is 1. The Balaban J connectivity index is 0.000000240. The Morgan fingerprint density at radius 2 is 1.25 bits per heavy atom. The molecule has 0 aliphatic carbocycles. The summed E-state index contributed by atoms with van der Waals surface area (Å²) in [5.41, 5.74) is 0.684. The molecule has 0 aromatic heterocycles. The van der Waals surface area contributed by atoms with Crippen LogP contribution in [0.25, 0.3) is 0 Å². The SMILES string of the molecule is CC(=CC(=O)N1C(=O)OC[C@@H]1Cc1ccccc1)C(F)(F)F.C[C@@H](CC(=O)N1C(=O)OC[C@@H]1Cc1ccccc1)C(F)(F)F. The van der Waals surface area contributed by atoms with Gasteiger partial charge in [0.05, 0.1) is 18.0 Å². The summed E-state index contributed by atoms with van der Waals surface area (Å²) in [6.45, 7) is 1.68. The largest absolute Gasteiger partial charge is 0.447 e. The summed E-state index contributed by atoms with van der Waals surface area (Å²) >= 11 is 0. The molecule has 2 aromatic carbocycles. The molecule has 4 rings (SSSR count). The van der Waals surface area contributed by atoms with Gasteiger partial charge in [0.25, 0.3) is 5.91 Å². The van der Waals surface area contributed by atoms with Gasteiger partial charge in [-0.25, -0.2) is 19.4 Å². The molecule has 3 atom stereocenters. The van der Waals surface area contributed by atoms with Gasteiger partial charge in [0.15, 0.2) is 0 Å². The number of hydrogen-bond donors (Lipinski definition) is 0. The minimum atomic E-state index is -4.60. The Labute approximate surface area is 249 Å².